The van der Waals surface area contributed by atoms with Crippen molar-refractivity contribution < 1.29 is 19.4 Å². The van der Waals surface area contributed by atoms with Crippen LogP contribution in [0.25, 0.3) is 0 Å². The van der Waals surface area contributed by atoms with Crippen LogP contribution >= 0.6 is 23.4 Å². The molecule has 0 aromatic heterocycles. The number of thioether (sulfide) groups is 1. The number of amides is 1. The predicted molar refractivity (Wildman–Crippen MR) is 136 cm³/mol. The lowest BCUT2D eigenvalue weighted by molar-refractivity contribution is -0.152. The fourth-order valence-corrected chi connectivity index (χ4v) is 5.50. The Morgan fingerprint density at radius 1 is 1.03 bits per heavy atom. The first-order valence-corrected chi connectivity index (χ1v) is 12.3. The van der Waals surface area contributed by atoms with E-state index >= 15 is 0 Å². The number of benzene rings is 3. The van der Waals surface area contributed by atoms with Crippen molar-refractivity contribution in [3.63, 3.8) is 0 Å². The standard InChI is InChI=1S/C27H21ClN2O4S/c28-20-13-11-19(12-14-20)24-29-22-25(32)30(26(22)35-24)21(15-16-31)27(33)34-23(17-7-3-1-4-8-17)18-9-5-2-6-10-18/h1-15,22-23,26,31H,16H2. The minimum atomic E-state index is -0.691. The molecule has 5 rings (SSSR count). The largest absolute Gasteiger partial charge is 0.448 e. The number of β-lactam (4-membered cyclic amide) rings is 1. The molecule has 2 heterocycles. The third-order valence-electron chi connectivity index (χ3n) is 5.78. The summed E-state index contributed by atoms with van der Waals surface area (Å²) in [7, 11) is 0. The normalized spacial score (nSPS) is 19.3. The second-order valence-electron chi connectivity index (χ2n) is 7.98. The molecule has 2 aliphatic heterocycles. The van der Waals surface area contributed by atoms with Gasteiger partial charge < -0.3 is 9.84 Å². The number of nitrogens with zero attached hydrogens (tertiary/aromatic N) is 2. The monoisotopic (exact) mass is 504 g/mol. The van der Waals surface area contributed by atoms with Crippen LogP contribution in [0.15, 0.2) is 102 Å². The van der Waals surface area contributed by atoms with Crippen LogP contribution in [0, 0.1) is 0 Å². The highest BCUT2D eigenvalue weighted by Gasteiger charge is 2.55. The van der Waals surface area contributed by atoms with Crippen molar-refractivity contribution in [2.45, 2.75) is 17.5 Å². The molecule has 1 saturated heterocycles. The van der Waals surface area contributed by atoms with E-state index in [9.17, 15) is 14.7 Å². The van der Waals surface area contributed by atoms with Crippen molar-refractivity contribution in [3.8, 4) is 0 Å². The summed E-state index contributed by atoms with van der Waals surface area (Å²) in [6.07, 6.45) is 0.640. The third kappa shape index (κ3) is 4.62. The lowest BCUT2D eigenvalue weighted by Crippen LogP contribution is -2.61. The Morgan fingerprint density at radius 3 is 2.20 bits per heavy atom. The Bertz CT molecular complexity index is 1260. The Morgan fingerprint density at radius 2 is 1.63 bits per heavy atom. The molecule has 3 aromatic rings. The smallest absolute Gasteiger partial charge is 0.355 e. The van der Waals surface area contributed by atoms with Gasteiger partial charge in [-0.05, 0) is 29.3 Å². The number of hydrogen-bond donors (Lipinski definition) is 1. The zero-order chi connectivity index (χ0) is 24.4. The van der Waals surface area contributed by atoms with Gasteiger partial charge >= 0.3 is 5.97 Å². The Kier molecular flexibility index (Phi) is 6.72. The van der Waals surface area contributed by atoms with Crippen molar-refractivity contribution >= 4 is 40.3 Å². The maximum absolute atomic E-state index is 13.4. The van der Waals surface area contributed by atoms with Gasteiger partial charge in [-0.1, -0.05) is 96.2 Å². The number of aliphatic hydroxyl groups excluding tert-OH is 1. The van der Waals surface area contributed by atoms with Crippen molar-refractivity contribution in [1.29, 1.82) is 0 Å². The number of aliphatic imine (C=N–C) groups is 1. The van der Waals surface area contributed by atoms with Gasteiger partial charge in [0.1, 0.15) is 16.1 Å². The van der Waals surface area contributed by atoms with Gasteiger partial charge in [-0.15, -0.1) is 0 Å². The van der Waals surface area contributed by atoms with E-state index in [1.54, 1.807) is 12.1 Å². The molecule has 2 atom stereocenters. The number of aliphatic hydroxyl groups is 1. The summed E-state index contributed by atoms with van der Waals surface area (Å²) < 4.78 is 5.94. The van der Waals surface area contributed by atoms with Gasteiger partial charge in [0, 0.05) is 10.6 Å². The molecule has 1 N–H and O–H groups in total. The van der Waals surface area contributed by atoms with Crippen LogP contribution in [0.2, 0.25) is 5.02 Å². The topological polar surface area (TPSA) is 79.2 Å². The van der Waals surface area contributed by atoms with Crippen LogP contribution in [0.4, 0.5) is 0 Å². The average Bonchev–Trinajstić information content (AvgIpc) is 3.28. The van der Waals surface area contributed by atoms with Crippen LogP contribution in [-0.4, -0.2) is 44.9 Å². The Balaban J connectivity index is 1.38. The molecule has 1 amide bonds. The van der Waals surface area contributed by atoms with Crippen molar-refractivity contribution in [1.82, 2.24) is 4.90 Å². The second-order valence-corrected chi connectivity index (χ2v) is 9.52. The summed E-state index contributed by atoms with van der Waals surface area (Å²) in [4.78, 5) is 32.3. The number of esters is 1. The molecule has 0 bridgehead atoms. The molecule has 0 radical (unpaired) electrons. The van der Waals surface area contributed by atoms with Crippen LogP contribution in [-0.2, 0) is 14.3 Å². The molecule has 2 unspecified atom stereocenters. The summed E-state index contributed by atoms with van der Waals surface area (Å²) >= 11 is 7.38. The fourth-order valence-electron chi connectivity index (χ4n) is 4.07. The van der Waals surface area contributed by atoms with Gasteiger partial charge in [-0.25, -0.2) is 4.79 Å². The van der Waals surface area contributed by atoms with E-state index in [1.165, 1.54) is 22.7 Å². The lowest BCUT2D eigenvalue weighted by Gasteiger charge is -2.41. The van der Waals surface area contributed by atoms with E-state index < -0.39 is 24.7 Å². The molecule has 3 aromatic carbocycles. The number of fused-ring (bicyclic) bond motifs is 1. The number of hydrogen-bond acceptors (Lipinski definition) is 6. The third-order valence-corrected chi connectivity index (χ3v) is 7.30. The quantitative estimate of drug-likeness (QED) is 0.289. The van der Waals surface area contributed by atoms with Crippen LogP contribution in [0.3, 0.4) is 0 Å². The summed E-state index contributed by atoms with van der Waals surface area (Å²) in [6.45, 7) is -0.414. The van der Waals surface area contributed by atoms with Crippen LogP contribution in [0.1, 0.15) is 22.8 Å². The first-order chi connectivity index (χ1) is 17.1. The number of likely N-dealkylation sites (tertiary alicyclic amines) is 1. The minimum absolute atomic E-state index is 0.00988. The minimum Gasteiger partial charge on any atom is -0.448 e. The number of carbonyl (C=O) groups excluding carboxylic acids is 2. The zero-order valence-electron chi connectivity index (χ0n) is 18.5. The van der Waals surface area contributed by atoms with Crippen LogP contribution < -0.4 is 0 Å². The first-order valence-electron chi connectivity index (χ1n) is 11.0. The van der Waals surface area contributed by atoms with Gasteiger partial charge in [0.2, 0.25) is 0 Å². The second kappa shape index (κ2) is 10.1. The summed E-state index contributed by atoms with van der Waals surface area (Å²) in [5, 5.41) is 10.6. The molecule has 6 nitrogen and oxygen atoms in total. The Hall–Kier alpha value is -3.39. The molecule has 35 heavy (non-hydrogen) atoms. The number of carbonyl (C=O) groups is 2. The zero-order valence-corrected chi connectivity index (χ0v) is 20.0. The Labute approximate surface area is 211 Å². The summed E-state index contributed by atoms with van der Waals surface area (Å²) in [6, 6.07) is 25.4. The SMILES string of the molecule is O=C(OC(c1ccccc1)c1ccccc1)C(=CCO)N1C(=O)C2N=C(c3ccc(Cl)cc3)SC21. The average molecular weight is 505 g/mol. The van der Waals surface area contributed by atoms with Crippen LogP contribution in [0.5, 0.6) is 0 Å². The molecule has 0 aliphatic carbocycles. The van der Waals surface area contributed by atoms with Gasteiger partial charge in [-0.2, -0.15) is 0 Å². The number of halogens is 1. The highest BCUT2D eigenvalue weighted by atomic mass is 35.5. The highest BCUT2D eigenvalue weighted by Crippen LogP contribution is 2.43. The van der Waals surface area contributed by atoms with Crippen molar-refractivity contribution in [3.05, 3.63) is 118 Å². The maximum atomic E-state index is 13.4. The van der Waals surface area contributed by atoms with Crippen molar-refractivity contribution in [2.24, 2.45) is 4.99 Å². The van der Waals surface area contributed by atoms with E-state index in [0.717, 1.165) is 16.7 Å². The van der Waals surface area contributed by atoms with Gasteiger partial charge in [0.25, 0.3) is 5.91 Å². The van der Waals surface area contributed by atoms with Gasteiger partial charge in [0.05, 0.1) is 6.61 Å². The van der Waals surface area contributed by atoms with E-state index in [-0.39, 0.29) is 17.0 Å². The number of rotatable bonds is 7. The highest BCUT2D eigenvalue weighted by molar-refractivity contribution is 8.15. The van der Waals surface area contributed by atoms with Gasteiger partial charge in [-0.3, -0.25) is 14.7 Å². The van der Waals surface area contributed by atoms with Crippen molar-refractivity contribution in [2.75, 3.05) is 6.61 Å². The van der Waals surface area contributed by atoms with E-state index in [2.05, 4.69) is 4.99 Å². The summed E-state index contributed by atoms with van der Waals surface area (Å²) in [5.41, 5.74) is 2.46. The van der Waals surface area contributed by atoms with E-state index in [0.29, 0.717) is 10.1 Å². The lowest BCUT2D eigenvalue weighted by atomic mass is 10.0. The fraction of sp³-hybridized carbons (Fsp3) is 0.148. The molecule has 0 saturated carbocycles. The van der Waals surface area contributed by atoms with E-state index in [1.807, 2.05) is 72.8 Å². The molecule has 1 fully saturated rings. The number of ether oxygens (including phenoxy) is 1. The molecule has 0 spiro atoms. The molecule has 176 valence electrons. The summed E-state index contributed by atoms with van der Waals surface area (Å²) in [5.74, 6) is -0.997. The molecule has 2 aliphatic rings. The predicted octanol–water partition coefficient (Wildman–Crippen LogP) is 4.58. The molecule has 8 heteroatoms. The van der Waals surface area contributed by atoms with E-state index in [4.69, 9.17) is 16.3 Å². The van der Waals surface area contributed by atoms with Gasteiger partial charge in [0.15, 0.2) is 12.1 Å². The molecular formula is C27H21ClN2O4S. The molecular weight excluding hydrogens is 484 g/mol. The maximum Gasteiger partial charge on any atom is 0.355 e. The first kappa shape index (κ1) is 23.4.